The highest BCUT2D eigenvalue weighted by Crippen LogP contribution is 2.28. The summed E-state index contributed by atoms with van der Waals surface area (Å²) in [4.78, 5) is 1.51. The molecule has 0 saturated heterocycles. The first-order valence-corrected chi connectivity index (χ1v) is 7.00. The van der Waals surface area contributed by atoms with Gasteiger partial charge in [0.1, 0.15) is 0 Å². The largest absolute Gasteiger partial charge is 0.385 e. The van der Waals surface area contributed by atoms with Gasteiger partial charge in [-0.25, -0.2) is 0 Å². The molecule has 92 valence electrons. The van der Waals surface area contributed by atoms with Gasteiger partial charge < -0.3 is 10.1 Å². The normalized spacial score (nSPS) is 12.9. The molecule has 0 saturated carbocycles. The Balaban J connectivity index is 2.61. The van der Waals surface area contributed by atoms with Crippen molar-refractivity contribution in [2.75, 3.05) is 20.3 Å². The number of nitrogens with one attached hydrogen (secondary N) is 1. The van der Waals surface area contributed by atoms with E-state index >= 15 is 0 Å². The third kappa shape index (κ3) is 3.89. The molecule has 0 fully saturated rings. The molecule has 0 aliphatic carbocycles. The molecule has 1 unspecified atom stereocenters. The second kappa shape index (κ2) is 7.82. The van der Waals surface area contributed by atoms with Crippen molar-refractivity contribution in [3.05, 3.63) is 21.9 Å². The molecule has 1 aromatic rings. The smallest absolute Gasteiger partial charge is 0.0462 e. The van der Waals surface area contributed by atoms with Crippen molar-refractivity contribution >= 4 is 11.3 Å². The predicted molar refractivity (Wildman–Crippen MR) is 71.2 cm³/mol. The van der Waals surface area contributed by atoms with E-state index in [1.54, 1.807) is 7.11 Å². The Labute approximate surface area is 103 Å². The van der Waals surface area contributed by atoms with Crippen molar-refractivity contribution in [1.82, 2.24) is 5.32 Å². The van der Waals surface area contributed by atoms with Crippen molar-refractivity contribution in [3.63, 3.8) is 0 Å². The van der Waals surface area contributed by atoms with Crippen LogP contribution in [0.3, 0.4) is 0 Å². The molecule has 0 spiro atoms. The maximum atomic E-state index is 5.12. The quantitative estimate of drug-likeness (QED) is 0.704. The van der Waals surface area contributed by atoms with E-state index in [-0.39, 0.29) is 0 Å². The van der Waals surface area contributed by atoms with Gasteiger partial charge in [0.25, 0.3) is 0 Å². The summed E-state index contributed by atoms with van der Waals surface area (Å²) in [6.45, 7) is 6.28. The van der Waals surface area contributed by atoms with Crippen molar-refractivity contribution in [1.29, 1.82) is 0 Å². The topological polar surface area (TPSA) is 21.3 Å². The van der Waals surface area contributed by atoms with Crippen LogP contribution in [-0.2, 0) is 11.2 Å². The molecule has 1 heterocycles. The number of aryl methyl sites for hydroxylation is 1. The van der Waals surface area contributed by atoms with Crippen molar-refractivity contribution < 1.29 is 4.74 Å². The van der Waals surface area contributed by atoms with Gasteiger partial charge in [0.05, 0.1) is 0 Å². The van der Waals surface area contributed by atoms with Gasteiger partial charge in [-0.15, -0.1) is 11.3 Å². The van der Waals surface area contributed by atoms with E-state index in [9.17, 15) is 0 Å². The second-order valence-corrected chi connectivity index (χ2v) is 4.86. The Kier molecular flexibility index (Phi) is 6.69. The molecule has 3 heteroatoms. The Morgan fingerprint density at radius 2 is 2.25 bits per heavy atom. The average Bonchev–Trinajstić information content (AvgIpc) is 2.76. The average molecular weight is 241 g/mol. The highest BCUT2D eigenvalue weighted by Gasteiger charge is 2.14. The molecular formula is C13H23NOS. The third-order valence-corrected chi connectivity index (χ3v) is 3.84. The minimum Gasteiger partial charge on any atom is -0.385 e. The molecule has 0 bridgehead atoms. The lowest BCUT2D eigenvalue weighted by Gasteiger charge is -2.18. The minimum absolute atomic E-state index is 0.509. The lowest BCUT2D eigenvalue weighted by molar-refractivity contribution is 0.189. The Hall–Kier alpha value is -0.380. The summed E-state index contributed by atoms with van der Waals surface area (Å²) in [6.07, 6.45) is 3.41. The van der Waals surface area contributed by atoms with Gasteiger partial charge in [0.15, 0.2) is 0 Å². The van der Waals surface area contributed by atoms with E-state index < -0.39 is 0 Å². The van der Waals surface area contributed by atoms with E-state index in [0.29, 0.717) is 6.04 Å². The van der Waals surface area contributed by atoms with Crippen LogP contribution < -0.4 is 5.32 Å². The molecule has 16 heavy (non-hydrogen) atoms. The fraction of sp³-hybridized carbons (Fsp3) is 0.692. The molecule has 1 atom stereocenters. The zero-order valence-electron chi connectivity index (χ0n) is 10.6. The number of rotatable bonds is 8. The van der Waals surface area contributed by atoms with Crippen LogP contribution in [0.15, 0.2) is 11.4 Å². The van der Waals surface area contributed by atoms with Crippen molar-refractivity contribution in [3.8, 4) is 0 Å². The van der Waals surface area contributed by atoms with Crippen LogP contribution in [0.5, 0.6) is 0 Å². The summed E-state index contributed by atoms with van der Waals surface area (Å²) in [5.41, 5.74) is 1.49. The first-order chi connectivity index (χ1) is 7.83. The molecule has 0 amide bonds. The highest BCUT2D eigenvalue weighted by molar-refractivity contribution is 7.10. The zero-order chi connectivity index (χ0) is 11.8. The standard InChI is InChI=1S/C13H23NOS/c1-4-11-8-10-16-13(11)12(14-5-2)7-6-9-15-3/h8,10,12,14H,4-7,9H2,1-3H3. The molecule has 0 aromatic carbocycles. The number of hydrogen-bond donors (Lipinski definition) is 1. The first-order valence-electron chi connectivity index (χ1n) is 6.12. The lowest BCUT2D eigenvalue weighted by Crippen LogP contribution is -2.21. The monoisotopic (exact) mass is 241 g/mol. The van der Waals surface area contributed by atoms with Crippen LogP contribution >= 0.6 is 11.3 Å². The number of methoxy groups -OCH3 is 1. The summed E-state index contributed by atoms with van der Waals surface area (Å²) >= 11 is 1.88. The predicted octanol–water partition coefficient (Wildman–Crippen LogP) is 3.39. The molecule has 2 nitrogen and oxygen atoms in total. The maximum Gasteiger partial charge on any atom is 0.0462 e. The number of thiophene rings is 1. The van der Waals surface area contributed by atoms with Crippen LogP contribution in [0.25, 0.3) is 0 Å². The van der Waals surface area contributed by atoms with Gasteiger partial charge in [-0.05, 0) is 42.8 Å². The molecular weight excluding hydrogens is 218 g/mol. The van der Waals surface area contributed by atoms with Crippen LogP contribution in [-0.4, -0.2) is 20.3 Å². The van der Waals surface area contributed by atoms with Crippen LogP contribution in [0.2, 0.25) is 0 Å². The van der Waals surface area contributed by atoms with Crippen molar-refractivity contribution in [2.45, 2.75) is 39.2 Å². The van der Waals surface area contributed by atoms with E-state index in [4.69, 9.17) is 4.74 Å². The molecule has 0 aliphatic rings. The van der Waals surface area contributed by atoms with Gasteiger partial charge >= 0.3 is 0 Å². The lowest BCUT2D eigenvalue weighted by atomic mass is 10.0. The third-order valence-electron chi connectivity index (χ3n) is 2.77. The Bertz CT molecular complexity index is 285. The molecule has 0 radical (unpaired) electrons. The summed E-state index contributed by atoms with van der Waals surface area (Å²) in [7, 11) is 1.77. The van der Waals surface area contributed by atoms with E-state index in [1.807, 2.05) is 11.3 Å². The van der Waals surface area contributed by atoms with E-state index in [1.165, 1.54) is 10.4 Å². The summed E-state index contributed by atoms with van der Waals surface area (Å²) < 4.78 is 5.12. The van der Waals surface area contributed by atoms with Crippen LogP contribution in [0, 0.1) is 0 Å². The molecule has 1 rings (SSSR count). The first kappa shape index (κ1) is 13.7. The molecule has 1 aromatic heterocycles. The van der Waals surface area contributed by atoms with Gasteiger partial charge in [0.2, 0.25) is 0 Å². The number of hydrogen-bond acceptors (Lipinski definition) is 3. The highest BCUT2D eigenvalue weighted by atomic mass is 32.1. The Morgan fingerprint density at radius 3 is 2.88 bits per heavy atom. The summed E-state index contributed by atoms with van der Waals surface area (Å²) in [5, 5.41) is 5.78. The summed E-state index contributed by atoms with van der Waals surface area (Å²) in [5.74, 6) is 0. The fourth-order valence-corrected chi connectivity index (χ4v) is 3.06. The zero-order valence-corrected chi connectivity index (χ0v) is 11.4. The second-order valence-electron chi connectivity index (χ2n) is 3.91. The van der Waals surface area contributed by atoms with E-state index in [0.717, 1.165) is 32.4 Å². The van der Waals surface area contributed by atoms with Crippen LogP contribution in [0.4, 0.5) is 0 Å². The summed E-state index contributed by atoms with van der Waals surface area (Å²) in [6, 6.07) is 2.76. The number of ether oxygens (including phenoxy) is 1. The van der Waals surface area contributed by atoms with Gasteiger partial charge in [-0.1, -0.05) is 13.8 Å². The van der Waals surface area contributed by atoms with Crippen LogP contribution in [0.1, 0.15) is 43.2 Å². The van der Waals surface area contributed by atoms with Gasteiger partial charge in [-0.3, -0.25) is 0 Å². The van der Waals surface area contributed by atoms with Gasteiger partial charge in [-0.2, -0.15) is 0 Å². The molecule has 0 aliphatic heterocycles. The fourth-order valence-electron chi connectivity index (χ4n) is 1.95. The minimum atomic E-state index is 0.509. The van der Waals surface area contributed by atoms with E-state index in [2.05, 4.69) is 30.6 Å². The SMILES string of the molecule is CCNC(CCCOC)c1sccc1CC. The Morgan fingerprint density at radius 1 is 1.44 bits per heavy atom. The molecule has 1 N–H and O–H groups in total. The maximum absolute atomic E-state index is 5.12. The van der Waals surface area contributed by atoms with Crippen molar-refractivity contribution in [2.24, 2.45) is 0 Å². The van der Waals surface area contributed by atoms with Gasteiger partial charge in [0, 0.05) is 24.6 Å².